The number of nitrogens with zero attached hydrogens (tertiary/aromatic N) is 2. The van der Waals surface area contributed by atoms with Crippen molar-refractivity contribution in [2.24, 2.45) is 0 Å². The van der Waals surface area contributed by atoms with Gasteiger partial charge in [0, 0.05) is 25.6 Å². The lowest BCUT2D eigenvalue weighted by Gasteiger charge is -2.22. The van der Waals surface area contributed by atoms with E-state index in [0.29, 0.717) is 12.5 Å². The Kier molecular flexibility index (Phi) is 3.31. The summed E-state index contributed by atoms with van der Waals surface area (Å²) in [6.07, 6.45) is 6.40. The molecule has 3 rings (SSSR count). The lowest BCUT2D eigenvalue weighted by atomic mass is 10.0. The fourth-order valence-electron chi connectivity index (χ4n) is 2.67. The molecular weight excluding hydrogens is 240 g/mol. The van der Waals surface area contributed by atoms with Crippen LogP contribution in [0.5, 0.6) is 0 Å². The molecule has 2 aliphatic rings. The van der Waals surface area contributed by atoms with Gasteiger partial charge in [-0.05, 0) is 25.7 Å². The van der Waals surface area contributed by atoms with Gasteiger partial charge in [-0.15, -0.1) is 0 Å². The lowest BCUT2D eigenvalue weighted by Crippen LogP contribution is -2.33. The van der Waals surface area contributed by atoms with Crippen molar-refractivity contribution in [2.75, 3.05) is 24.2 Å². The Bertz CT molecular complexity index is 453. The van der Waals surface area contributed by atoms with E-state index in [1.54, 1.807) is 0 Å². The number of hydrogen-bond donors (Lipinski definition) is 3. The van der Waals surface area contributed by atoms with Crippen molar-refractivity contribution in [1.82, 2.24) is 9.97 Å². The Morgan fingerprint density at radius 2 is 1.95 bits per heavy atom. The molecule has 2 fully saturated rings. The van der Waals surface area contributed by atoms with E-state index in [1.165, 1.54) is 12.8 Å². The molecule has 0 unspecified atom stereocenters. The van der Waals surface area contributed by atoms with E-state index in [-0.39, 0.29) is 0 Å². The summed E-state index contributed by atoms with van der Waals surface area (Å²) in [4.78, 5) is 9.05. The van der Waals surface area contributed by atoms with Crippen molar-refractivity contribution in [2.45, 2.75) is 50.0 Å². The van der Waals surface area contributed by atoms with Crippen molar-refractivity contribution < 1.29 is 5.11 Å². The molecule has 0 saturated heterocycles. The Hall–Kier alpha value is -1.36. The second kappa shape index (κ2) is 4.96. The van der Waals surface area contributed by atoms with Crippen LogP contribution in [0.1, 0.15) is 50.3 Å². The van der Waals surface area contributed by atoms with Gasteiger partial charge < -0.3 is 15.7 Å². The molecule has 1 heterocycles. The fraction of sp³-hybridized carbons (Fsp3) is 0.714. The predicted octanol–water partition coefficient (Wildman–Crippen LogP) is 2.11. The number of anilines is 2. The first-order valence-electron chi connectivity index (χ1n) is 7.21. The van der Waals surface area contributed by atoms with Crippen LogP contribution >= 0.6 is 0 Å². The van der Waals surface area contributed by atoms with E-state index in [4.69, 9.17) is 0 Å². The third-order valence-corrected chi connectivity index (χ3v) is 4.07. The van der Waals surface area contributed by atoms with Crippen molar-refractivity contribution in [1.29, 1.82) is 0 Å². The van der Waals surface area contributed by atoms with Gasteiger partial charge in [-0.25, -0.2) is 9.97 Å². The van der Waals surface area contributed by atoms with Gasteiger partial charge in [-0.2, -0.15) is 0 Å². The molecule has 2 saturated carbocycles. The van der Waals surface area contributed by atoms with Gasteiger partial charge in [0.05, 0.1) is 5.60 Å². The Morgan fingerprint density at radius 1 is 1.26 bits per heavy atom. The standard InChI is InChI=1S/C14H22N4O/c1-15-11-8-12(18-13(17-11)10-4-5-10)16-9-14(19)6-2-3-7-14/h8,10,19H,2-7,9H2,1H3,(H2,15,16,17,18). The zero-order chi connectivity index (χ0) is 13.3. The zero-order valence-electron chi connectivity index (χ0n) is 11.4. The van der Waals surface area contributed by atoms with Crippen LogP contribution in [0.3, 0.4) is 0 Å². The molecule has 104 valence electrons. The number of hydrogen-bond acceptors (Lipinski definition) is 5. The number of aliphatic hydroxyl groups is 1. The normalized spacial score (nSPS) is 21.4. The molecule has 1 aromatic heterocycles. The van der Waals surface area contributed by atoms with Crippen LogP contribution in [-0.2, 0) is 0 Å². The molecule has 3 N–H and O–H groups in total. The molecule has 0 atom stereocenters. The third kappa shape index (κ3) is 2.97. The number of nitrogens with one attached hydrogen (secondary N) is 2. The second-order valence-corrected chi connectivity index (χ2v) is 5.81. The zero-order valence-corrected chi connectivity index (χ0v) is 11.4. The topological polar surface area (TPSA) is 70.1 Å². The Balaban J connectivity index is 1.70. The van der Waals surface area contributed by atoms with Gasteiger partial charge >= 0.3 is 0 Å². The highest BCUT2D eigenvalue weighted by Gasteiger charge is 2.31. The maximum absolute atomic E-state index is 10.3. The molecule has 2 aliphatic carbocycles. The molecule has 0 aromatic carbocycles. The minimum absolute atomic E-state index is 0.531. The molecule has 5 nitrogen and oxygen atoms in total. The molecule has 0 amide bonds. The van der Waals surface area contributed by atoms with E-state index in [9.17, 15) is 5.11 Å². The Labute approximate surface area is 113 Å². The van der Waals surface area contributed by atoms with Crippen molar-refractivity contribution in [3.8, 4) is 0 Å². The molecule has 5 heteroatoms. The van der Waals surface area contributed by atoms with Gasteiger partial charge in [0.1, 0.15) is 17.5 Å². The maximum Gasteiger partial charge on any atom is 0.136 e. The first-order valence-corrected chi connectivity index (χ1v) is 7.21. The van der Waals surface area contributed by atoms with E-state index < -0.39 is 5.60 Å². The van der Waals surface area contributed by atoms with Crippen LogP contribution < -0.4 is 10.6 Å². The molecule has 0 spiro atoms. The summed E-state index contributed by atoms with van der Waals surface area (Å²) in [7, 11) is 1.87. The van der Waals surface area contributed by atoms with Crippen molar-refractivity contribution >= 4 is 11.6 Å². The average molecular weight is 262 g/mol. The van der Waals surface area contributed by atoms with E-state index in [1.807, 2.05) is 13.1 Å². The molecule has 0 bridgehead atoms. The number of aromatic nitrogens is 2. The maximum atomic E-state index is 10.3. The first kappa shape index (κ1) is 12.7. The van der Waals surface area contributed by atoms with Crippen LogP contribution in [0.25, 0.3) is 0 Å². The predicted molar refractivity (Wildman–Crippen MR) is 75.5 cm³/mol. The van der Waals surface area contributed by atoms with Crippen LogP contribution in [-0.4, -0.2) is 34.3 Å². The van der Waals surface area contributed by atoms with Crippen molar-refractivity contribution in [3.63, 3.8) is 0 Å². The highest BCUT2D eigenvalue weighted by Crippen LogP contribution is 2.39. The molecule has 0 radical (unpaired) electrons. The minimum Gasteiger partial charge on any atom is -0.388 e. The summed E-state index contributed by atoms with van der Waals surface area (Å²) in [5, 5.41) is 16.7. The van der Waals surface area contributed by atoms with Crippen LogP contribution in [0, 0.1) is 0 Å². The number of rotatable bonds is 5. The van der Waals surface area contributed by atoms with E-state index in [2.05, 4.69) is 20.6 Å². The van der Waals surface area contributed by atoms with E-state index >= 15 is 0 Å². The smallest absolute Gasteiger partial charge is 0.136 e. The fourth-order valence-corrected chi connectivity index (χ4v) is 2.67. The summed E-state index contributed by atoms with van der Waals surface area (Å²) in [6.45, 7) is 0.581. The monoisotopic (exact) mass is 262 g/mol. The summed E-state index contributed by atoms with van der Waals surface area (Å²) in [6, 6.07) is 1.91. The van der Waals surface area contributed by atoms with Gasteiger partial charge in [-0.1, -0.05) is 12.8 Å². The molecule has 19 heavy (non-hydrogen) atoms. The van der Waals surface area contributed by atoms with Crippen LogP contribution in [0.4, 0.5) is 11.6 Å². The minimum atomic E-state index is -0.551. The average Bonchev–Trinajstić information content (AvgIpc) is 3.19. The van der Waals surface area contributed by atoms with Gasteiger partial charge in [-0.3, -0.25) is 0 Å². The Morgan fingerprint density at radius 3 is 2.58 bits per heavy atom. The second-order valence-electron chi connectivity index (χ2n) is 5.81. The molecule has 1 aromatic rings. The summed E-state index contributed by atoms with van der Waals surface area (Å²) in [5.74, 6) is 3.12. The molecule has 0 aliphatic heterocycles. The summed E-state index contributed by atoms with van der Waals surface area (Å²) >= 11 is 0. The van der Waals surface area contributed by atoms with Gasteiger partial charge in [0.25, 0.3) is 0 Å². The highest BCUT2D eigenvalue weighted by atomic mass is 16.3. The molecular formula is C14H22N4O. The largest absolute Gasteiger partial charge is 0.388 e. The van der Waals surface area contributed by atoms with Gasteiger partial charge in [0.2, 0.25) is 0 Å². The quantitative estimate of drug-likeness (QED) is 0.758. The highest BCUT2D eigenvalue weighted by molar-refractivity contribution is 5.48. The van der Waals surface area contributed by atoms with E-state index in [0.717, 1.165) is 43.1 Å². The van der Waals surface area contributed by atoms with Crippen LogP contribution in [0.15, 0.2) is 6.07 Å². The lowest BCUT2D eigenvalue weighted by molar-refractivity contribution is 0.0614. The first-order chi connectivity index (χ1) is 9.18. The van der Waals surface area contributed by atoms with Gasteiger partial charge in [0.15, 0.2) is 0 Å². The third-order valence-electron chi connectivity index (χ3n) is 4.07. The van der Waals surface area contributed by atoms with Crippen LogP contribution in [0.2, 0.25) is 0 Å². The SMILES string of the molecule is CNc1cc(NCC2(O)CCCC2)nc(C2CC2)n1. The van der Waals surface area contributed by atoms with Crippen molar-refractivity contribution in [3.05, 3.63) is 11.9 Å². The summed E-state index contributed by atoms with van der Waals surface area (Å²) < 4.78 is 0. The summed E-state index contributed by atoms with van der Waals surface area (Å²) in [5.41, 5.74) is -0.551.